The van der Waals surface area contributed by atoms with Gasteiger partial charge in [0.25, 0.3) is 0 Å². The monoisotopic (exact) mass is 477 g/mol. The summed E-state index contributed by atoms with van der Waals surface area (Å²) < 4.78 is 45.5. The van der Waals surface area contributed by atoms with Gasteiger partial charge in [0.2, 0.25) is 16.0 Å². The highest BCUT2D eigenvalue weighted by Crippen LogP contribution is 2.24. The second-order valence-electron chi connectivity index (χ2n) is 8.74. The van der Waals surface area contributed by atoms with Gasteiger partial charge < -0.3 is 9.64 Å². The summed E-state index contributed by atoms with van der Waals surface area (Å²) in [6.45, 7) is 6.20. The molecule has 0 bridgehead atoms. The standard InChI is InChI=1S/C23H32FN5O3S/c1-3-18-15-25-23(26-16-18)28-8-6-20(7-9-28)32-21-5-4-19(22(24)14-21)17-27-10-12-29(13-11-27)33(2,30)31/h4-5,14-16,20H,3,6-13,17H2,1-2H3. The van der Waals surface area contributed by atoms with Crippen LogP contribution in [-0.2, 0) is 23.0 Å². The summed E-state index contributed by atoms with van der Waals surface area (Å²) >= 11 is 0. The van der Waals surface area contributed by atoms with E-state index in [-0.39, 0.29) is 11.9 Å². The Bertz CT molecular complexity index is 1030. The van der Waals surface area contributed by atoms with Gasteiger partial charge in [0.15, 0.2) is 0 Å². The van der Waals surface area contributed by atoms with E-state index in [0.717, 1.165) is 43.9 Å². The smallest absolute Gasteiger partial charge is 0.225 e. The quantitative estimate of drug-likeness (QED) is 0.606. The minimum Gasteiger partial charge on any atom is -0.490 e. The lowest BCUT2D eigenvalue weighted by molar-refractivity contribution is 0.168. The third-order valence-corrected chi connectivity index (χ3v) is 7.65. The number of halogens is 1. The summed E-state index contributed by atoms with van der Waals surface area (Å²) in [5, 5.41) is 0. The number of rotatable bonds is 7. The number of piperidine rings is 1. The lowest BCUT2D eigenvalue weighted by Crippen LogP contribution is -2.47. The van der Waals surface area contributed by atoms with Crippen molar-refractivity contribution in [1.29, 1.82) is 0 Å². The molecule has 10 heteroatoms. The van der Waals surface area contributed by atoms with Crippen molar-refractivity contribution >= 4 is 16.0 Å². The zero-order valence-electron chi connectivity index (χ0n) is 19.3. The second-order valence-corrected chi connectivity index (χ2v) is 10.7. The molecule has 2 aliphatic heterocycles. The third-order valence-electron chi connectivity index (χ3n) is 6.35. The van der Waals surface area contributed by atoms with Crippen LogP contribution in [0.5, 0.6) is 5.75 Å². The molecular formula is C23H32FN5O3S. The molecule has 0 aliphatic carbocycles. The molecule has 2 saturated heterocycles. The lowest BCUT2D eigenvalue weighted by Gasteiger charge is -2.33. The van der Waals surface area contributed by atoms with Gasteiger partial charge in [-0.2, -0.15) is 4.31 Å². The number of benzene rings is 1. The Hall–Kier alpha value is -2.30. The van der Waals surface area contributed by atoms with Crippen LogP contribution < -0.4 is 9.64 Å². The van der Waals surface area contributed by atoms with Gasteiger partial charge in [0.1, 0.15) is 17.7 Å². The number of anilines is 1. The van der Waals surface area contributed by atoms with Crippen molar-refractivity contribution < 1.29 is 17.5 Å². The van der Waals surface area contributed by atoms with E-state index < -0.39 is 10.0 Å². The largest absolute Gasteiger partial charge is 0.490 e. The molecule has 4 rings (SSSR count). The molecule has 0 radical (unpaired) electrons. The topological polar surface area (TPSA) is 78.9 Å². The molecule has 0 atom stereocenters. The van der Waals surface area contributed by atoms with E-state index >= 15 is 0 Å². The minimum atomic E-state index is -3.17. The SMILES string of the molecule is CCc1cnc(N2CCC(Oc3ccc(CN4CCN(S(C)(=O)=O)CC4)c(F)c3)CC2)nc1. The zero-order valence-corrected chi connectivity index (χ0v) is 20.1. The molecule has 8 nitrogen and oxygen atoms in total. The first-order valence-electron chi connectivity index (χ1n) is 11.5. The molecule has 3 heterocycles. The first-order chi connectivity index (χ1) is 15.8. The summed E-state index contributed by atoms with van der Waals surface area (Å²) in [7, 11) is -3.17. The van der Waals surface area contributed by atoms with Crippen LogP contribution in [0.3, 0.4) is 0 Å². The van der Waals surface area contributed by atoms with Crippen molar-refractivity contribution in [2.24, 2.45) is 0 Å². The van der Waals surface area contributed by atoms with Crippen molar-refractivity contribution in [3.8, 4) is 5.75 Å². The van der Waals surface area contributed by atoms with Crippen molar-refractivity contribution in [3.63, 3.8) is 0 Å². The Balaban J connectivity index is 1.26. The molecule has 1 aromatic carbocycles. The molecule has 33 heavy (non-hydrogen) atoms. The fraction of sp³-hybridized carbons (Fsp3) is 0.565. The maximum atomic E-state index is 14.7. The molecule has 0 unspecified atom stereocenters. The van der Waals surface area contributed by atoms with Crippen molar-refractivity contribution in [2.75, 3.05) is 50.4 Å². The molecule has 1 aromatic heterocycles. The molecule has 0 spiro atoms. The number of ether oxygens (including phenoxy) is 1. The van der Waals surface area contributed by atoms with Gasteiger partial charge in [-0.1, -0.05) is 13.0 Å². The Kier molecular flexibility index (Phi) is 7.45. The van der Waals surface area contributed by atoms with Crippen LogP contribution in [0.4, 0.5) is 10.3 Å². The number of aromatic nitrogens is 2. The van der Waals surface area contributed by atoms with Gasteiger partial charge in [-0.15, -0.1) is 0 Å². The van der Waals surface area contributed by atoms with Crippen molar-refractivity contribution in [1.82, 2.24) is 19.2 Å². The highest BCUT2D eigenvalue weighted by atomic mass is 32.2. The summed E-state index contributed by atoms with van der Waals surface area (Å²) in [6.07, 6.45) is 7.58. The number of hydrogen-bond acceptors (Lipinski definition) is 7. The summed E-state index contributed by atoms with van der Waals surface area (Å²) in [5.41, 5.74) is 1.72. The van der Waals surface area contributed by atoms with Gasteiger partial charge in [0.05, 0.1) is 6.26 Å². The van der Waals surface area contributed by atoms with E-state index in [1.54, 1.807) is 6.07 Å². The molecule has 2 aliphatic rings. The van der Waals surface area contributed by atoms with E-state index in [1.165, 1.54) is 16.6 Å². The summed E-state index contributed by atoms with van der Waals surface area (Å²) in [4.78, 5) is 13.1. The Labute approximate surface area is 195 Å². The Morgan fingerprint density at radius 1 is 1.06 bits per heavy atom. The van der Waals surface area contributed by atoms with Gasteiger partial charge in [0, 0.05) is 82.7 Å². The van der Waals surface area contributed by atoms with E-state index in [1.807, 2.05) is 18.5 Å². The van der Waals surface area contributed by atoms with E-state index in [4.69, 9.17) is 4.74 Å². The van der Waals surface area contributed by atoms with Crippen LogP contribution >= 0.6 is 0 Å². The number of hydrogen-bond donors (Lipinski definition) is 0. The highest BCUT2D eigenvalue weighted by Gasteiger charge is 2.25. The predicted molar refractivity (Wildman–Crippen MR) is 125 cm³/mol. The van der Waals surface area contributed by atoms with Gasteiger partial charge >= 0.3 is 0 Å². The molecule has 2 aromatic rings. The normalized spacial score (nSPS) is 19.1. The molecule has 0 amide bonds. The average molecular weight is 478 g/mol. The average Bonchev–Trinajstić information content (AvgIpc) is 2.81. The Morgan fingerprint density at radius 3 is 2.30 bits per heavy atom. The maximum Gasteiger partial charge on any atom is 0.225 e. The number of sulfonamides is 1. The van der Waals surface area contributed by atoms with Crippen LogP contribution in [0.15, 0.2) is 30.6 Å². The number of aryl methyl sites for hydroxylation is 1. The minimum absolute atomic E-state index is 0.0329. The molecule has 2 fully saturated rings. The fourth-order valence-corrected chi connectivity index (χ4v) is 5.08. The molecular weight excluding hydrogens is 445 g/mol. The summed E-state index contributed by atoms with van der Waals surface area (Å²) in [5.74, 6) is 0.999. The van der Waals surface area contributed by atoms with Crippen LogP contribution in [0.1, 0.15) is 30.9 Å². The summed E-state index contributed by atoms with van der Waals surface area (Å²) in [6, 6.07) is 5.05. The van der Waals surface area contributed by atoms with Crippen molar-refractivity contribution in [2.45, 2.75) is 38.8 Å². The van der Waals surface area contributed by atoms with Crippen LogP contribution in [0, 0.1) is 5.82 Å². The van der Waals surface area contributed by atoms with Gasteiger partial charge in [-0.3, -0.25) is 4.90 Å². The first-order valence-corrected chi connectivity index (χ1v) is 13.3. The fourth-order valence-electron chi connectivity index (χ4n) is 4.25. The van der Waals surface area contributed by atoms with E-state index in [9.17, 15) is 12.8 Å². The van der Waals surface area contributed by atoms with Crippen LogP contribution in [0.2, 0.25) is 0 Å². The lowest BCUT2D eigenvalue weighted by atomic mass is 10.1. The molecule has 180 valence electrons. The van der Waals surface area contributed by atoms with E-state index in [2.05, 4.69) is 26.7 Å². The van der Waals surface area contributed by atoms with Gasteiger partial charge in [-0.05, 0) is 18.1 Å². The molecule has 0 N–H and O–H groups in total. The predicted octanol–water partition coefficient (Wildman–Crippen LogP) is 2.30. The first kappa shape index (κ1) is 23.8. The van der Waals surface area contributed by atoms with Crippen LogP contribution in [-0.4, -0.2) is 79.2 Å². The Morgan fingerprint density at radius 2 is 1.73 bits per heavy atom. The van der Waals surface area contributed by atoms with Gasteiger partial charge in [-0.25, -0.2) is 22.8 Å². The van der Waals surface area contributed by atoms with E-state index in [0.29, 0.717) is 44.0 Å². The third kappa shape index (κ3) is 6.18. The second kappa shape index (κ2) is 10.3. The van der Waals surface area contributed by atoms with Crippen LogP contribution in [0.25, 0.3) is 0 Å². The number of piperazine rings is 1. The van der Waals surface area contributed by atoms with Crippen molar-refractivity contribution in [3.05, 3.63) is 47.5 Å². The number of nitrogens with zero attached hydrogens (tertiary/aromatic N) is 5. The maximum absolute atomic E-state index is 14.7. The highest BCUT2D eigenvalue weighted by molar-refractivity contribution is 7.88. The molecule has 0 saturated carbocycles. The zero-order chi connectivity index (χ0) is 23.4.